The topological polar surface area (TPSA) is 30.5 Å². The second kappa shape index (κ2) is 11.8. The predicted molar refractivity (Wildman–Crippen MR) is 127 cm³/mol. The van der Waals surface area contributed by atoms with Crippen molar-refractivity contribution in [2.24, 2.45) is 0 Å². The van der Waals surface area contributed by atoms with Crippen molar-refractivity contribution in [3.8, 4) is 11.5 Å². The van der Waals surface area contributed by atoms with Crippen LogP contribution in [0.4, 0.5) is 0 Å². The molecular formula is C26H30BrNO2. The number of aryl methyl sites for hydroxylation is 1. The summed E-state index contributed by atoms with van der Waals surface area (Å²) in [7, 11) is 0. The molecule has 0 saturated heterocycles. The highest BCUT2D eigenvalue weighted by Crippen LogP contribution is 2.37. The molecule has 1 N–H and O–H groups in total. The molecule has 0 aliphatic carbocycles. The van der Waals surface area contributed by atoms with E-state index in [-0.39, 0.29) is 0 Å². The molecule has 3 aromatic rings. The van der Waals surface area contributed by atoms with Crippen LogP contribution in [-0.4, -0.2) is 12.6 Å². The molecule has 0 aromatic heterocycles. The number of benzene rings is 3. The number of hydrogen-bond acceptors (Lipinski definition) is 3. The van der Waals surface area contributed by atoms with Crippen molar-refractivity contribution in [3.05, 3.63) is 94.0 Å². The largest absolute Gasteiger partial charge is 0.490 e. The van der Waals surface area contributed by atoms with Gasteiger partial charge in [-0.05, 0) is 71.4 Å². The molecule has 3 aromatic carbocycles. The fourth-order valence-electron chi connectivity index (χ4n) is 3.28. The normalized spacial score (nSPS) is 11.8. The average Bonchev–Trinajstić information content (AvgIpc) is 2.77. The van der Waals surface area contributed by atoms with Gasteiger partial charge in [0.1, 0.15) is 6.61 Å². The third kappa shape index (κ3) is 6.89. The van der Waals surface area contributed by atoms with Crippen LogP contribution in [0.3, 0.4) is 0 Å². The summed E-state index contributed by atoms with van der Waals surface area (Å²) >= 11 is 3.68. The van der Waals surface area contributed by atoms with Crippen LogP contribution in [0.25, 0.3) is 0 Å². The summed E-state index contributed by atoms with van der Waals surface area (Å²) in [5.41, 5.74) is 3.68. The van der Waals surface area contributed by atoms with Crippen LogP contribution in [0.5, 0.6) is 11.5 Å². The molecule has 0 fully saturated rings. The van der Waals surface area contributed by atoms with Gasteiger partial charge < -0.3 is 14.8 Å². The van der Waals surface area contributed by atoms with Gasteiger partial charge in [-0.1, -0.05) is 60.7 Å². The standard InChI is InChI=1S/C26H30BrNO2/c1-3-29-25-17-23(18-28-20(2)14-15-21-10-6-4-7-11-21)16-24(27)26(25)30-19-22-12-8-5-9-13-22/h4-13,16-17,20,28H,3,14-15,18-19H2,1-2H3. The van der Waals surface area contributed by atoms with E-state index in [1.165, 1.54) is 11.1 Å². The van der Waals surface area contributed by atoms with Gasteiger partial charge in [-0.15, -0.1) is 0 Å². The Kier molecular flexibility index (Phi) is 8.79. The summed E-state index contributed by atoms with van der Waals surface area (Å²) in [6, 6.07) is 25.4. The Morgan fingerprint density at radius 3 is 2.20 bits per heavy atom. The minimum atomic E-state index is 0.425. The summed E-state index contributed by atoms with van der Waals surface area (Å²) in [5.74, 6) is 1.53. The quantitative estimate of drug-likeness (QED) is 0.347. The Balaban J connectivity index is 1.59. The summed E-state index contributed by atoms with van der Waals surface area (Å²) in [6.45, 7) is 6.12. The highest BCUT2D eigenvalue weighted by Gasteiger charge is 2.13. The SMILES string of the molecule is CCOc1cc(CNC(C)CCc2ccccc2)cc(Br)c1OCc1ccccc1. The van der Waals surface area contributed by atoms with Crippen LogP contribution in [0.1, 0.15) is 37.0 Å². The van der Waals surface area contributed by atoms with E-state index in [0.29, 0.717) is 19.3 Å². The lowest BCUT2D eigenvalue weighted by Gasteiger charge is -2.18. The first-order chi connectivity index (χ1) is 14.7. The minimum Gasteiger partial charge on any atom is -0.490 e. The number of hydrogen-bond donors (Lipinski definition) is 1. The zero-order valence-corrected chi connectivity index (χ0v) is 19.3. The molecule has 0 amide bonds. The molecule has 0 saturated carbocycles. The predicted octanol–water partition coefficient (Wildman–Crippen LogP) is 6.54. The molecule has 30 heavy (non-hydrogen) atoms. The van der Waals surface area contributed by atoms with Gasteiger partial charge in [-0.2, -0.15) is 0 Å². The van der Waals surface area contributed by atoms with Gasteiger partial charge in [0.2, 0.25) is 0 Å². The summed E-state index contributed by atoms with van der Waals surface area (Å²) in [4.78, 5) is 0. The maximum atomic E-state index is 6.08. The highest BCUT2D eigenvalue weighted by atomic mass is 79.9. The molecule has 1 unspecified atom stereocenters. The summed E-state index contributed by atoms with van der Waals surface area (Å²) < 4.78 is 12.9. The fraction of sp³-hybridized carbons (Fsp3) is 0.308. The van der Waals surface area contributed by atoms with Crippen LogP contribution in [-0.2, 0) is 19.6 Å². The van der Waals surface area contributed by atoms with Gasteiger partial charge in [-0.25, -0.2) is 0 Å². The van der Waals surface area contributed by atoms with Crippen LogP contribution in [0, 0.1) is 0 Å². The average molecular weight is 468 g/mol. The van der Waals surface area contributed by atoms with E-state index in [4.69, 9.17) is 9.47 Å². The van der Waals surface area contributed by atoms with E-state index in [0.717, 1.165) is 40.9 Å². The molecule has 158 valence electrons. The molecule has 0 bridgehead atoms. The number of nitrogens with one attached hydrogen (secondary N) is 1. The van der Waals surface area contributed by atoms with Crippen LogP contribution in [0.15, 0.2) is 77.3 Å². The third-order valence-electron chi connectivity index (χ3n) is 4.96. The van der Waals surface area contributed by atoms with E-state index < -0.39 is 0 Å². The molecule has 0 aliphatic rings. The second-order valence-corrected chi connectivity index (χ2v) is 8.27. The third-order valence-corrected chi connectivity index (χ3v) is 5.55. The van der Waals surface area contributed by atoms with Gasteiger partial charge in [0, 0.05) is 12.6 Å². The van der Waals surface area contributed by atoms with Crippen molar-refractivity contribution < 1.29 is 9.47 Å². The zero-order valence-electron chi connectivity index (χ0n) is 17.7. The van der Waals surface area contributed by atoms with Gasteiger partial charge in [-0.3, -0.25) is 0 Å². The second-order valence-electron chi connectivity index (χ2n) is 7.42. The summed E-state index contributed by atoms with van der Waals surface area (Å²) in [5, 5.41) is 3.63. The molecular weight excluding hydrogens is 438 g/mol. The molecule has 4 heteroatoms. The van der Waals surface area contributed by atoms with Gasteiger partial charge in [0.25, 0.3) is 0 Å². The lowest BCUT2D eigenvalue weighted by molar-refractivity contribution is 0.267. The van der Waals surface area contributed by atoms with Crippen molar-refractivity contribution in [1.29, 1.82) is 0 Å². The number of ether oxygens (including phenoxy) is 2. The zero-order chi connectivity index (χ0) is 21.2. The molecule has 1 atom stereocenters. The Morgan fingerprint density at radius 1 is 0.867 bits per heavy atom. The molecule has 3 nitrogen and oxygen atoms in total. The lowest BCUT2D eigenvalue weighted by atomic mass is 10.1. The molecule has 3 rings (SSSR count). The van der Waals surface area contributed by atoms with Crippen molar-refractivity contribution >= 4 is 15.9 Å². The van der Waals surface area contributed by atoms with Crippen LogP contribution < -0.4 is 14.8 Å². The van der Waals surface area contributed by atoms with Crippen molar-refractivity contribution in [1.82, 2.24) is 5.32 Å². The van der Waals surface area contributed by atoms with E-state index in [1.54, 1.807) is 0 Å². The van der Waals surface area contributed by atoms with Gasteiger partial charge in [0.05, 0.1) is 11.1 Å². The summed E-state index contributed by atoms with van der Waals surface area (Å²) in [6.07, 6.45) is 2.18. The van der Waals surface area contributed by atoms with E-state index in [9.17, 15) is 0 Å². The molecule has 0 spiro atoms. The fourth-order valence-corrected chi connectivity index (χ4v) is 3.88. The smallest absolute Gasteiger partial charge is 0.175 e. The van der Waals surface area contributed by atoms with E-state index in [1.807, 2.05) is 25.1 Å². The Bertz CT molecular complexity index is 900. The van der Waals surface area contributed by atoms with Gasteiger partial charge >= 0.3 is 0 Å². The highest BCUT2D eigenvalue weighted by molar-refractivity contribution is 9.10. The monoisotopic (exact) mass is 467 g/mol. The molecule has 0 radical (unpaired) electrons. The maximum Gasteiger partial charge on any atom is 0.175 e. The first kappa shape index (κ1) is 22.4. The van der Waals surface area contributed by atoms with Crippen molar-refractivity contribution in [3.63, 3.8) is 0 Å². The van der Waals surface area contributed by atoms with Crippen LogP contribution >= 0.6 is 15.9 Å². The number of rotatable bonds is 11. The maximum absolute atomic E-state index is 6.08. The Hall–Kier alpha value is -2.30. The van der Waals surface area contributed by atoms with Crippen molar-refractivity contribution in [2.75, 3.05) is 6.61 Å². The van der Waals surface area contributed by atoms with E-state index >= 15 is 0 Å². The molecule has 0 heterocycles. The molecule has 0 aliphatic heterocycles. The van der Waals surface area contributed by atoms with Gasteiger partial charge in [0.15, 0.2) is 11.5 Å². The minimum absolute atomic E-state index is 0.425. The number of halogens is 1. The lowest BCUT2D eigenvalue weighted by Crippen LogP contribution is -2.26. The Labute approximate surface area is 188 Å². The first-order valence-corrected chi connectivity index (χ1v) is 11.3. The van der Waals surface area contributed by atoms with Crippen molar-refractivity contribution in [2.45, 2.75) is 45.9 Å². The van der Waals surface area contributed by atoms with Crippen LogP contribution in [0.2, 0.25) is 0 Å². The Morgan fingerprint density at radius 2 is 1.53 bits per heavy atom. The van der Waals surface area contributed by atoms with E-state index in [2.05, 4.69) is 82.8 Å². The first-order valence-electron chi connectivity index (χ1n) is 10.5.